The molecule has 0 saturated carbocycles. The molecule has 0 fully saturated rings. The number of hydrogen-bond donors (Lipinski definition) is 0. The third kappa shape index (κ3) is 1.46. The van der Waals surface area contributed by atoms with Crippen molar-refractivity contribution in [1.82, 2.24) is 9.78 Å². The van der Waals surface area contributed by atoms with E-state index in [1.54, 1.807) is 6.20 Å². The highest BCUT2D eigenvalue weighted by Gasteiger charge is 2.06. The Morgan fingerprint density at radius 1 is 1.50 bits per heavy atom. The molecular weight excluding hydrogens is 244 g/mol. The predicted octanol–water partition coefficient (Wildman–Crippen LogP) is 2.77. The number of carbonyl (C=O) groups excluding carboxylic acids is 1. The van der Waals surface area contributed by atoms with Gasteiger partial charge in [-0.1, -0.05) is 15.9 Å². The van der Waals surface area contributed by atoms with Crippen LogP contribution in [0.2, 0.25) is 0 Å². The van der Waals surface area contributed by atoms with Crippen LogP contribution >= 0.6 is 15.9 Å². The van der Waals surface area contributed by atoms with E-state index < -0.39 is 0 Å². The first kappa shape index (κ1) is 9.40. The second-order valence-electron chi connectivity index (χ2n) is 3.25. The molecule has 4 heteroatoms. The van der Waals surface area contributed by atoms with Crippen molar-refractivity contribution in [3.8, 4) is 0 Å². The van der Waals surface area contributed by atoms with Gasteiger partial charge in [-0.3, -0.25) is 4.79 Å². The van der Waals surface area contributed by atoms with Crippen molar-refractivity contribution in [2.75, 3.05) is 0 Å². The molecule has 14 heavy (non-hydrogen) atoms. The average molecular weight is 253 g/mol. The lowest BCUT2D eigenvalue weighted by Crippen LogP contribution is -2.05. The lowest BCUT2D eigenvalue weighted by molar-refractivity contribution is 0.0922. The number of nitrogens with zero attached hydrogens (tertiary/aromatic N) is 2. The van der Waals surface area contributed by atoms with E-state index in [2.05, 4.69) is 21.0 Å². The minimum absolute atomic E-state index is 0.0725. The number of carbonyl (C=O) groups is 1. The van der Waals surface area contributed by atoms with E-state index in [9.17, 15) is 4.79 Å². The molecule has 2 aromatic rings. The summed E-state index contributed by atoms with van der Waals surface area (Å²) in [5.41, 5.74) is 1.94. The van der Waals surface area contributed by atoms with Crippen molar-refractivity contribution in [3.63, 3.8) is 0 Å². The van der Waals surface area contributed by atoms with Crippen LogP contribution in [-0.4, -0.2) is 15.7 Å². The van der Waals surface area contributed by atoms with E-state index in [4.69, 9.17) is 0 Å². The molecule has 0 amide bonds. The first-order valence-corrected chi connectivity index (χ1v) is 5.03. The maximum Gasteiger partial charge on any atom is 0.243 e. The number of halogens is 1. The van der Waals surface area contributed by atoms with E-state index in [1.807, 2.05) is 19.1 Å². The Hall–Kier alpha value is -1.16. The summed E-state index contributed by atoms with van der Waals surface area (Å²) in [6.45, 7) is 3.47. The maximum atomic E-state index is 11.1. The molecule has 72 valence electrons. The van der Waals surface area contributed by atoms with E-state index in [1.165, 1.54) is 11.6 Å². The second kappa shape index (κ2) is 3.20. The quantitative estimate of drug-likeness (QED) is 0.723. The Bertz CT molecular complexity index is 516. The molecule has 0 bridgehead atoms. The molecule has 0 spiro atoms. The molecule has 0 N–H and O–H groups in total. The molecule has 2 rings (SSSR count). The second-order valence-corrected chi connectivity index (χ2v) is 4.17. The van der Waals surface area contributed by atoms with Gasteiger partial charge in [-0.05, 0) is 24.6 Å². The summed E-state index contributed by atoms with van der Waals surface area (Å²) in [5, 5.41) is 5.18. The predicted molar refractivity (Wildman–Crippen MR) is 58.5 cm³/mol. The zero-order chi connectivity index (χ0) is 10.3. The van der Waals surface area contributed by atoms with Gasteiger partial charge in [-0.2, -0.15) is 5.10 Å². The summed E-state index contributed by atoms with van der Waals surface area (Å²) >= 11 is 3.41. The van der Waals surface area contributed by atoms with Gasteiger partial charge in [0, 0.05) is 23.0 Å². The zero-order valence-electron chi connectivity index (χ0n) is 7.91. The summed E-state index contributed by atoms with van der Waals surface area (Å²) in [6, 6.07) is 3.94. The molecule has 0 radical (unpaired) electrons. The molecule has 1 aromatic carbocycles. The zero-order valence-corrected chi connectivity index (χ0v) is 9.50. The average Bonchev–Trinajstić information content (AvgIpc) is 2.47. The number of fused-ring (bicyclic) bond motifs is 1. The molecule has 0 unspecified atom stereocenters. The molecule has 1 aromatic heterocycles. The molecule has 0 saturated heterocycles. The largest absolute Gasteiger partial charge is 0.273 e. The van der Waals surface area contributed by atoms with E-state index >= 15 is 0 Å². The Morgan fingerprint density at radius 3 is 2.86 bits per heavy atom. The van der Waals surface area contributed by atoms with Gasteiger partial charge in [0.05, 0.1) is 5.52 Å². The molecule has 0 aliphatic rings. The first-order valence-electron chi connectivity index (χ1n) is 4.24. The first-order chi connectivity index (χ1) is 6.58. The molecular formula is C10H9BrN2O. The Labute approximate surface area is 89.8 Å². The third-order valence-corrected chi connectivity index (χ3v) is 2.54. The highest BCUT2D eigenvalue weighted by atomic mass is 79.9. The van der Waals surface area contributed by atoms with Crippen molar-refractivity contribution < 1.29 is 4.79 Å². The summed E-state index contributed by atoms with van der Waals surface area (Å²) in [7, 11) is 0. The minimum atomic E-state index is -0.0725. The van der Waals surface area contributed by atoms with Gasteiger partial charge >= 0.3 is 0 Å². The van der Waals surface area contributed by atoms with Gasteiger partial charge in [0.15, 0.2) is 0 Å². The number of aromatic nitrogens is 2. The molecule has 0 atom stereocenters. The van der Waals surface area contributed by atoms with Gasteiger partial charge in [0.1, 0.15) is 0 Å². The van der Waals surface area contributed by atoms with Crippen LogP contribution < -0.4 is 0 Å². The van der Waals surface area contributed by atoms with Crippen molar-refractivity contribution in [2.45, 2.75) is 13.8 Å². The van der Waals surface area contributed by atoms with Crippen LogP contribution in [0.1, 0.15) is 17.3 Å². The number of benzene rings is 1. The van der Waals surface area contributed by atoms with Crippen LogP contribution in [0.5, 0.6) is 0 Å². The van der Waals surface area contributed by atoms with Crippen LogP contribution in [0.15, 0.2) is 22.8 Å². The molecule has 0 aliphatic heterocycles. The van der Waals surface area contributed by atoms with Crippen LogP contribution in [-0.2, 0) is 0 Å². The van der Waals surface area contributed by atoms with Crippen LogP contribution in [0.4, 0.5) is 0 Å². The fraction of sp³-hybridized carbons (Fsp3) is 0.200. The minimum Gasteiger partial charge on any atom is -0.273 e. The maximum absolute atomic E-state index is 11.1. The monoisotopic (exact) mass is 252 g/mol. The molecule has 3 nitrogen and oxygen atoms in total. The summed E-state index contributed by atoms with van der Waals surface area (Å²) in [5.74, 6) is -0.0725. The Balaban J connectivity index is 2.76. The van der Waals surface area contributed by atoms with Gasteiger partial charge in [-0.25, -0.2) is 4.68 Å². The summed E-state index contributed by atoms with van der Waals surface area (Å²) < 4.78 is 2.37. The van der Waals surface area contributed by atoms with E-state index in [-0.39, 0.29) is 5.91 Å². The topological polar surface area (TPSA) is 34.9 Å². The normalized spacial score (nSPS) is 10.8. The fourth-order valence-electron chi connectivity index (χ4n) is 1.43. The summed E-state index contributed by atoms with van der Waals surface area (Å²) in [6.07, 6.45) is 1.75. The van der Waals surface area contributed by atoms with Crippen molar-refractivity contribution in [1.29, 1.82) is 0 Å². The van der Waals surface area contributed by atoms with Gasteiger partial charge in [-0.15, -0.1) is 0 Å². The summed E-state index contributed by atoms with van der Waals surface area (Å²) in [4.78, 5) is 11.1. The van der Waals surface area contributed by atoms with Gasteiger partial charge < -0.3 is 0 Å². The highest BCUT2D eigenvalue weighted by Crippen LogP contribution is 2.22. The highest BCUT2D eigenvalue weighted by molar-refractivity contribution is 9.10. The van der Waals surface area contributed by atoms with E-state index in [0.717, 1.165) is 20.9 Å². The molecule has 0 aliphatic carbocycles. The van der Waals surface area contributed by atoms with Crippen LogP contribution in [0, 0.1) is 6.92 Å². The van der Waals surface area contributed by atoms with Crippen LogP contribution in [0.25, 0.3) is 10.9 Å². The van der Waals surface area contributed by atoms with Crippen molar-refractivity contribution in [3.05, 3.63) is 28.4 Å². The lowest BCUT2D eigenvalue weighted by atomic mass is 10.2. The van der Waals surface area contributed by atoms with Crippen molar-refractivity contribution in [2.24, 2.45) is 0 Å². The Morgan fingerprint density at radius 2 is 2.21 bits per heavy atom. The number of aryl methyl sites for hydroxylation is 1. The third-order valence-electron chi connectivity index (χ3n) is 2.09. The standard InChI is InChI=1S/C10H9BrN2O/c1-6-3-9(11)4-8-5-13(7(2)14)12-10(6)8/h3-5H,1-2H3. The SMILES string of the molecule is CC(=O)n1cc2cc(Br)cc(C)c2n1. The fourth-order valence-corrected chi connectivity index (χ4v) is 2.02. The van der Waals surface area contributed by atoms with Gasteiger partial charge in [0.25, 0.3) is 0 Å². The number of rotatable bonds is 0. The lowest BCUT2D eigenvalue weighted by Gasteiger charge is -1.94. The van der Waals surface area contributed by atoms with Gasteiger partial charge in [0.2, 0.25) is 5.91 Å². The Kier molecular flexibility index (Phi) is 2.15. The number of hydrogen-bond acceptors (Lipinski definition) is 2. The smallest absolute Gasteiger partial charge is 0.243 e. The molecule has 1 heterocycles. The van der Waals surface area contributed by atoms with Crippen molar-refractivity contribution >= 4 is 32.7 Å². The van der Waals surface area contributed by atoms with Crippen LogP contribution in [0.3, 0.4) is 0 Å². The van der Waals surface area contributed by atoms with E-state index in [0.29, 0.717) is 0 Å².